The van der Waals surface area contributed by atoms with Gasteiger partial charge in [-0.05, 0) is 25.1 Å². The molecular formula is C15H13N3O2S. The zero-order valence-electron chi connectivity index (χ0n) is 11.4. The van der Waals surface area contributed by atoms with Crippen molar-refractivity contribution in [2.45, 2.75) is 6.92 Å². The fourth-order valence-electron chi connectivity index (χ4n) is 1.58. The Morgan fingerprint density at radius 2 is 2.43 bits per heavy atom. The van der Waals surface area contributed by atoms with Crippen LogP contribution in [0, 0.1) is 18.3 Å². The van der Waals surface area contributed by atoms with Gasteiger partial charge in [0.2, 0.25) is 5.91 Å². The minimum atomic E-state index is -0.252. The van der Waals surface area contributed by atoms with Crippen LogP contribution in [0.15, 0.2) is 35.7 Å². The largest absolute Gasteiger partial charge is 0.479 e. The lowest BCUT2D eigenvalue weighted by molar-refractivity contribution is -0.111. The normalized spacial score (nSPS) is 10.3. The Morgan fingerprint density at radius 3 is 3.14 bits per heavy atom. The highest BCUT2D eigenvalue weighted by molar-refractivity contribution is 7.09. The van der Waals surface area contributed by atoms with E-state index in [2.05, 4.69) is 10.3 Å². The van der Waals surface area contributed by atoms with Crippen molar-refractivity contribution in [1.82, 2.24) is 4.98 Å². The van der Waals surface area contributed by atoms with Gasteiger partial charge in [-0.15, -0.1) is 11.3 Å². The second-order valence-corrected chi connectivity index (χ2v) is 5.15. The number of carbonyl (C=O) groups is 1. The van der Waals surface area contributed by atoms with Gasteiger partial charge in [-0.1, -0.05) is 6.07 Å². The number of amides is 1. The third kappa shape index (κ3) is 4.75. The van der Waals surface area contributed by atoms with E-state index in [1.807, 2.05) is 18.4 Å². The molecule has 6 heteroatoms. The first kappa shape index (κ1) is 14.8. The summed E-state index contributed by atoms with van der Waals surface area (Å²) in [5, 5.41) is 14.0. The van der Waals surface area contributed by atoms with Crippen molar-refractivity contribution < 1.29 is 9.53 Å². The van der Waals surface area contributed by atoms with E-state index in [1.165, 1.54) is 17.4 Å². The van der Waals surface area contributed by atoms with Gasteiger partial charge in [0.15, 0.2) is 6.61 Å². The Bertz CT molecular complexity index is 701. The molecule has 0 aliphatic heterocycles. The lowest BCUT2D eigenvalue weighted by Gasteiger charge is -2.05. The fourth-order valence-corrected chi connectivity index (χ4v) is 2.16. The van der Waals surface area contributed by atoms with Crippen molar-refractivity contribution in [3.8, 4) is 11.8 Å². The molecule has 1 N–H and O–H groups in total. The molecule has 1 aromatic heterocycles. The van der Waals surface area contributed by atoms with Crippen LogP contribution >= 0.6 is 11.3 Å². The predicted octanol–water partition coefficient (Wildman–Crippen LogP) is 3.01. The van der Waals surface area contributed by atoms with Gasteiger partial charge in [0, 0.05) is 23.2 Å². The molecule has 1 aromatic carbocycles. The highest BCUT2D eigenvalue weighted by atomic mass is 32.1. The van der Waals surface area contributed by atoms with Gasteiger partial charge in [-0.2, -0.15) is 5.26 Å². The zero-order valence-corrected chi connectivity index (χ0v) is 12.2. The maximum Gasteiger partial charge on any atom is 0.248 e. The lowest BCUT2D eigenvalue weighted by Crippen LogP contribution is -2.07. The van der Waals surface area contributed by atoms with E-state index >= 15 is 0 Å². The topological polar surface area (TPSA) is 75.0 Å². The number of thiazole rings is 1. The summed E-state index contributed by atoms with van der Waals surface area (Å²) in [7, 11) is 0. The number of benzene rings is 1. The third-order valence-corrected chi connectivity index (χ3v) is 3.24. The Morgan fingerprint density at radius 1 is 1.57 bits per heavy atom. The molecule has 0 unspecified atom stereocenters. The Hall–Kier alpha value is -2.65. The molecule has 2 aromatic rings. The Kier molecular flexibility index (Phi) is 5.07. The molecule has 21 heavy (non-hydrogen) atoms. The first-order valence-electron chi connectivity index (χ1n) is 6.18. The highest BCUT2D eigenvalue weighted by Crippen LogP contribution is 2.17. The second-order valence-electron chi connectivity index (χ2n) is 4.09. The number of aryl methyl sites for hydroxylation is 1. The van der Waals surface area contributed by atoms with Gasteiger partial charge in [-0.25, -0.2) is 4.98 Å². The van der Waals surface area contributed by atoms with E-state index < -0.39 is 0 Å². The van der Waals surface area contributed by atoms with E-state index in [-0.39, 0.29) is 12.5 Å². The minimum Gasteiger partial charge on any atom is -0.479 e. The van der Waals surface area contributed by atoms with Crippen LogP contribution in [0.4, 0.5) is 5.69 Å². The molecule has 106 valence electrons. The molecule has 0 aliphatic rings. The summed E-state index contributed by atoms with van der Waals surface area (Å²) < 4.78 is 5.17. The molecule has 2 rings (SSSR count). The number of ether oxygens (including phenoxy) is 1. The van der Waals surface area contributed by atoms with E-state index in [1.54, 1.807) is 30.3 Å². The van der Waals surface area contributed by atoms with Crippen LogP contribution in [0.5, 0.6) is 5.75 Å². The molecule has 0 aliphatic carbocycles. The monoisotopic (exact) mass is 299 g/mol. The maximum atomic E-state index is 11.8. The minimum absolute atomic E-state index is 0.0273. The summed E-state index contributed by atoms with van der Waals surface area (Å²) in [5.74, 6) is 0.284. The molecule has 0 radical (unpaired) electrons. The van der Waals surface area contributed by atoms with Crippen LogP contribution < -0.4 is 10.1 Å². The van der Waals surface area contributed by atoms with Crippen molar-refractivity contribution in [3.05, 3.63) is 46.4 Å². The molecule has 0 saturated heterocycles. The number of carbonyl (C=O) groups excluding carboxylic acids is 1. The number of nitrogens with one attached hydrogen (secondary N) is 1. The number of nitriles is 1. The molecule has 1 amide bonds. The van der Waals surface area contributed by atoms with Gasteiger partial charge in [-0.3, -0.25) is 4.79 Å². The molecule has 5 nitrogen and oxygen atoms in total. The highest BCUT2D eigenvalue weighted by Gasteiger charge is 2.01. The van der Waals surface area contributed by atoms with Crippen LogP contribution in [0.25, 0.3) is 6.08 Å². The summed E-state index contributed by atoms with van der Waals surface area (Å²) in [6.07, 6.45) is 3.09. The molecule has 0 spiro atoms. The van der Waals surface area contributed by atoms with Crippen molar-refractivity contribution >= 4 is 29.0 Å². The lowest BCUT2D eigenvalue weighted by atomic mass is 10.3. The molecule has 0 bridgehead atoms. The first-order chi connectivity index (χ1) is 10.2. The van der Waals surface area contributed by atoms with Gasteiger partial charge in [0.1, 0.15) is 11.8 Å². The average molecular weight is 299 g/mol. The van der Waals surface area contributed by atoms with Crippen LogP contribution in [0.3, 0.4) is 0 Å². The number of hydrogen-bond acceptors (Lipinski definition) is 5. The molecule has 0 saturated carbocycles. The second kappa shape index (κ2) is 7.22. The van der Waals surface area contributed by atoms with Crippen LogP contribution in [-0.2, 0) is 4.79 Å². The van der Waals surface area contributed by atoms with Crippen LogP contribution in [0.1, 0.15) is 10.7 Å². The van der Waals surface area contributed by atoms with Crippen LogP contribution in [0.2, 0.25) is 0 Å². The van der Waals surface area contributed by atoms with E-state index in [4.69, 9.17) is 10.00 Å². The quantitative estimate of drug-likeness (QED) is 0.861. The van der Waals surface area contributed by atoms with Crippen molar-refractivity contribution in [1.29, 1.82) is 5.26 Å². The summed E-state index contributed by atoms with van der Waals surface area (Å²) in [6.45, 7) is 1.88. The third-order valence-electron chi connectivity index (χ3n) is 2.45. The number of nitrogens with zero attached hydrogens (tertiary/aromatic N) is 2. The Balaban J connectivity index is 1.96. The summed E-state index contributed by atoms with van der Waals surface area (Å²) >= 11 is 1.53. The van der Waals surface area contributed by atoms with Gasteiger partial charge in [0.25, 0.3) is 0 Å². The summed E-state index contributed by atoms with van der Waals surface area (Å²) in [5.41, 5.74) is 1.37. The molecule has 0 fully saturated rings. The summed E-state index contributed by atoms with van der Waals surface area (Å²) in [6, 6.07) is 8.77. The maximum absolute atomic E-state index is 11.8. The summed E-state index contributed by atoms with van der Waals surface area (Å²) in [4.78, 5) is 16.0. The smallest absolute Gasteiger partial charge is 0.248 e. The van der Waals surface area contributed by atoms with Crippen molar-refractivity contribution in [2.75, 3.05) is 11.9 Å². The van der Waals surface area contributed by atoms with Crippen molar-refractivity contribution in [2.24, 2.45) is 0 Å². The van der Waals surface area contributed by atoms with Gasteiger partial charge in [0.05, 0.1) is 10.7 Å². The molecular weight excluding hydrogens is 286 g/mol. The fraction of sp³-hybridized carbons (Fsp3) is 0.133. The first-order valence-corrected chi connectivity index (χ1v) is 7.06. The van der Waals surface area contributed by atoms with E-state index in [9.17, 15) is 4.79 Å². The Labute approximate surface area is 126 Å². The van der Waals surface area contributed by atoms with E-state index in [0.29, 0.717) is 11.4 Å². The van der Waals surface area contributed by atoms with E-state index in [0.717, 1.165) is 10.7 Å². The van der Waals surface area contributed by atoms with Gasteiger partial charge >= 0.3 is 0 Å². The predicted molar refractivity (Wildman–Crippen MR) is 82.1 cm³/mol. The number of hydrogen-bond donors (Lipinski definition) is 1. The zero-order chi connectivity index (χ0) is 15.1. The van der Waals surface area contributed by atoms with Crippen LogP contribution in [-0.4, -0.2) is 17.5 Å². The SMILES string of the molecule is Cc1nc(/C=C/C(=O)Nc2cccc(OCC#N)c2)cs1. The molecule has 0 atom stereocenters. The number of rotatable bonds is 5. The van der Waals surface area contributed by atoms with Crippen molar-refractivity contribution in [3.63, 3.8) is 0 Å². The molecule has 1 heterocycles. The number of aromatic nitrogens is 1. The van der Waals surface area contributed by atoms with Gasteiger partial charge < -0.3 is 10.1 Å². The average Bonchev–Trinajstić information content (AvgIpc) is 2.89. The standard InChI is InChI=1S/C15H13N3O2S/c1-11-17-13(10-21-11)5-6-15(19)18-12-3-2-4-14(9-12)20-8-7-16/h2-6,9-10H,8H2,1H3,(H,18,19)/b6-5+. The number of anilines is 1.